The van der Waals surface area contributed by atoms with Crippen LogP contribution in [-0.2, 0) is 11.2 Å². The van der Waals surface area contributed by atoms with E-state index in [0.29, 0.717) is 30.9 Å². The Balaban J connectivity index is 1.32. The molecular weight excluding hydrogens is 436 g/mol. The molecule has 1 saturated heterocycles. The summed E-state index contributed by atoms with van der Waals surface area (Å²) in [6, 6.07) is 14.0. The highest BCUT2D eigenvalue weighted by Crippen LogP contribution is 2.35. The molecule has 3 N–H and O–H groups in total. The van der Waals surface area contributed by atoms with Crippen LogP contribution in [0, 0.1) is 13.8 Å². The summed E-state index contributed by atoms with van der Waals surface area (Å²) >= 11 is 1.68. The lowest BCUT2D eigenvalue weighted by Gasteiger charge is -2.12. The molecule has 0 spiro atoms. The quantitative estimate of drug-likeness (QED) is 0.469. The second kappa shape index (κ2) is 10.3. The molecule has 8 heteroatoms. The SMILES string of the molecule is COc1ccc(CCNC(=O)C2CC(c3sc(-c4ccc(C)cc4)nc3C)NN2)cc1OC. The fourth-order valence-electron chi connectivity index (χ4n) is 3.94. The third-order valence-electron chi connectivity index (χ3n) is 5.83. The van der Waals surface area contributed by atoms with Gasteiger partial charge in [-0.05, 0) is 44.4 Å². The summed E-state index contributed by atoms with van der Waals surface area (Å²) < 4.78 is 10.6. The monoisotopic (exact) mass is 466 g/mol. The van der Waals surface area contributed by atoms with Gasteiger partial charge in [-0.25, -0.2) is 15.8 Å². The maximum absolute atomic E-state index is 12.7. The first kappa shape index (κ1) is 23.2. The van der Waals surface area contributed by atoms with E-state index in [-0.39, 0.29) is 18.0 Å². The van der Waals surface area contributed by atoms with Crippen LogP contribution in [0.25, 0.3) is 10.6 Å². The zero-order valence-electron chi connectivity index (χ0n) is 19.4. The topological polar surface area (TPSA) is 84.5 Å². The standard InChI is InChI=1S/C25H30N4O3S/c1-15-5-8-18(9-6-15)25-27-16(2)23(33-25)19-14-20(29-28-19)24(30)26-12-11-17-7-10-21(31-3)22(13-17)32-4/h5-10,13,19-20,28-29H,11-12,14H2,1-4H3,(H,26,30). The van der Waals surface area contributed by atoms with Crippen molar-refractivity contribution in [1.82, 2.24) is 21.2 Å². The van der Waals surface area contributed by atoms with Crippen molar-refractivity contribution < 1.29 is 14.3 Å². The lowest BCUT2D eigenvalue weighted by molar-refractivity contribution is -0.122. The molecule has 0 saturated carbocycles. The molecule has 1 aliphatic rings. The minimum Gasteiger partial charge on any atom is -0.493 e. The first-order chi connectivity index (χ1) is 16.0. The minimum absolute atomic E-state index is 0.00796. The highest BCUT2D eigenvalue weighted by Gasteiger charge is 2.32. The molecule has 0 radical (unpaired) electrons. The van der Waals surface area contributed by atoms with E-state index in [2.05, 4.69) is 47.4 Å². The maximum Gasteiger partial charge on any atom is 0.238 e. The van der Waals surface area contributed by atoms with Gasteiger partial charge in [0.15, 0.2) is 11.5 Å². The van der Waals surface area contributed by atoms with Gasteiger partial charge in [0, 0.05) is 17.0 Å². The zero-order valence-corrected chi connectivity index (χ0v) is 20.2. The number of aryl methyl sites for hydroxylation is 2. The van der Waals surface area contributed by atoms with Crippen LogP contribution in [0.2, 0.25) is 0 Å². The molecule has 0 aliphatic carbocycles. The molecule has 4 rings (SSSR count). The summed E-state index contributed by atoms with van der Waals surface area (Å²) in [5.41, 5.74) is 10.9. The van der Waals surface area contributed by atoms with Gasteiger partial charge in [0.1, 0.15) is 11.0 Å². The van der Waals surface area contributed by atoms with Gasteiger partial charge in [0.05, 0.1) is 26.0 Å². The Hall–Kier alpha value is -2.94. The first-order valence-electron chi connectivity index (χ1n) is 11.0. The van der Waals surface area contributed by atoms with E-state index >= 15 is 0 Å². The van der Waals surface area contributed by atoms with Crippen molar-refractivity contribution in [2.75, 3.05) is 20.8 Å². The van der Waals surface area contributed by atoms with Crippen molar-refractivity contribution >= 4 is 17.2 Å². The molecule has 7 nitrogen and oxygen atoms in total. The predicted molar refractivity (Wildman–Crippen MR) is 131 cm³/mol. The largest absolute Gasteiger partial charge is 0.493 e. The van der Waals surface area contributed by atoms with Crippen LogP contribution in [-0.4, -0.2) is 37.7 Å². The van der Waals surface area contributed by atoms with E-state index in [0.717, 1.165) is 21.8 Å². The number of hydrogen-bond donors (Lipinski definition) is 3. The van der Waals surface area contributed by atoms with Crippen molar-refractivity contribution in [2.24, 2.45) is 0 Å². The molecule has 1 aliphatic heterocycles. The van der Waals surface area contributed by atoms with Crippen molar-refractivity contribution in [3.05, 3.63) is 64.2 Å². The summed E-state index contributed by atoms with van der Waals surface area (Å²) in [5, 5.41) is 4.04. The molecule has 2 atom stereocenters. The highest BCUT2D eigenvalue weighted by atomic mass is 32.1. The molecule has 3 aromatic rings. The summed E-state index contributed by atoms with van der Waals surface area (Å²) in [6.45, 7) is 4.66. The van der Waals surface area contributed by atoms with Crippen molar-refractivity contribution in [3.63, 3.8) is 0 Å². The van der Waals surface area contributed by atoms with Gasteiger partial charge in [-0.3, -0.25) is 4.79 Å². The van der Waals surface area contributed by atoms with Gasteiger partial charge in [0.2, 0.25) is 5.91 Å². The number of carbonyl (C=O) groups is 1. The molecule has 0 bridgehead atoms. The van der Waals surface area contributed by atoms with Crippen LogP contribution in [0.4, 0.5) is 0 Å². The molecule has 2 heterocycles. The van der Waals surface area contributed by atoms with E-state index in [1.165, 1.54) is 10.4 Å². The second-order valence-corrected chi connectivity index (χ2v) is 9.23. The lowest BCUT2D eigenvalue weighted by atomic mass is 10.1. The number of hydrazine groups is 1. The number of carbonyl (C=O) groups excluding carboxylic acids is 1. The van der Waals surface area contributed by atoms with Crippen LogP contribution in [0.1, 0.15) is 34.2 Å². The number of methoxy groups -OCH3 is 2. The van der Waals surface area contributed by atoms with E-state index in [4.69, 9.17) is 14.5 Å². The number of amides is 1. The third-order valence-corrected chi connectivity index (χ3v) is 7.15. The number of benzene rings is 2. The number of hydrogen-bond acceptors (Lipinski definition) is 7. The summed E-state index contributed by atoms with van der Waals surface area (Å²) in [6.07, 6.45) is 1.39. The second-order valence-electron chi connectivity index (χ2n) is 8.19. The summed E-state index contributed by atoms with van der Waals surface area (Å²) in [5.74, 6) is 1.38. The molecule has 33 heavy (non-hydrogen) atoms. The van der Waals surface area contributed by atoms with Gasteiger partial charge < -0.3 is 14.8 Å². The Morgan fingerprint density at radius 2 is 1.85 bits per heavy atom. The van der Waals surface area contributed by atoms with Gasteiger partial charge in [-0.15, -0.1) is 11.3 Å². The average molecular weight is 467 g/mol. The fourth-order valence-corrected chi connectivity index (χ4v) is 5.08. The van der Waals surface area contributed by atoms with E-state index in [1.54, 1.807) is 25.6 Å². The number of rotatable bonds is 8. The lowest BCUT2D eigenvalue weighted by Crippen LogP contribution is -2.43. The normalized spacial score (nSPS) is 17.7. The first-order valence-corrected chi connectivity index (χ1v) is 11.8. The molecule has 2 aromatic carbocycles. The molecule has 1 aromatic heterocycles. The van der Waals surface area contributed by atoms with Gasteiger partial charge in [-0.2, -0.15) is 0 Å². The van der Waals surface area contributed by atoms with Crippen molar-refractivity contribution in [3.8, 4) is 22.1 Å². The Morgan fingerprint density at radius 3 is 2.58 bits per heavy atom. The summed E-state index contributed by atoms with van der Waals surface area (Å²) in [4.78, 5) is 18.6. The Labute approximate surface area is 198 Å². The molecule has 174 valence electrons. The Morgan fingerprint density at radius 1 is 1.09 bits per heavy atom. The fraction of sp³-hybridized carbons (Fsp3) is 0.360. The van der Waals surface area contributed by atoms with E-state index in [9.17, 15) is 4.79 Å². The van der Waals surface area contributed by atoms with Gasteiger partial charge in [0.25, 0.3) is 0 Å². The molecule has 1 fully saturated rings. The number of thiazole rings is 1. The van der Waals surface area contributed by atoms with Gasteiger partial charge >= 0.3 is 0 Å². The number of nitrogens with one attached hydrogen (secondary N) is 3. The Bertz CT molecular complexity index is 1110. The summed E-state index contributed by atoms with van der Waals surface area (Å²) in [7, 11) is 3.23. The van der Waals surface area contributed by atoms with Crippen LogP contribution < -0.4 is 25.6 Å². The van der Waals surface area contributed by atoms with E-state index in [1.807, 2.05) is 25.1 Å². The van der Waals surface area contributed by atoms with Crippen molar-refractivity contribution in [2.45, 2.75) is 38.8 Å². The number of nitrogens with zero attached hydrogens (tertiary/aromatic N) is 1. The van der Waals surface area contributed by atoms with Crippen LogP contribution in [0.3, 0.4) is 0 Å². The number of aromatic nitrogens is 1. The van der Waals surface area contributed by atoms with E-state index < -0.39 is 0 Å². The molecule has 1 amide bonds. The average Bonchev–Trinajstić information content (AvgIpc) is 3.46. The highest BCUT2D eigenvalue weighted by molar-refractivity contribution is 7.15. The smallest absolute Gasteiger partial charge is 0.238 e. The minimum atomic E-state index is -0.287. The predicted octanol–water partition coefficient (Wildman–Crippen LogP) is 3.71. The maximum atomic E-state index is 12.7. The molecule has 2 unspecified atom stereocenters. The zero-order chi connectivity index (χ0) is 23.4. The number of ether oxygens (including phenoxy) is 2. The third kappa shape index (κ3) is 5.35. The van der Waals surface area contributed by atoms with Crippen LogP contribution in [0.15, 0.2) is 42.5 Å². The van der Waals surface area contributed by atoms with Crippen molar-refractivity contribution in [1.29, 1.82) is 0 Å². The van der Waals surface area contributed by atoms with Gasteiger partial charge in [-0.1, -0.05) is 35.9 Å². The van der Waals surface area contributed by atoms with Crippen LogP contribution in [0.5, 0.6) is 11.5 Å². The Kier molecular flexibility index (Phi) is 7.27. The molecular formula is C25H30N4O3S. The van der Waals surface area contributed by atoms with Crippen LogP contribution >= 0.6 is 11.3 Å².